The number of hydrogen-bond acceptors (Lipinski definition) is 5. The van der Waals surface area contributed by atoms with Crippen molar-refractivity contribution in [3.8, 4) is 0 Å². The van der Waals surface area contributed by atoms with Gasteiger partial charge in [0.05, 0.1) is 18.0 Å². The van der Waals surface area contributed by atoms with Crippen molar-refractivity contribution in [3.63, 3.8) is 0 Å². The fourth-order valence-electron chi connectivity index (χ4n) is 2.59. The number of carbonyl (C=O) groups is 1. The van der Waals surface area contributed by atoms with Gasteiger partial charge in [0, 0.05) is 31.7 Å². The zero-order valence-corrected chi connectivity index (χ0v) is 11.2. The maximum Gasteiger partial charge on any atom is 0.224 e. The molecule has 0 radical (unpaired) electrons. The molecular weight excluding hydrogens is 258 g/mol. The highest BCUT2D eigenvalue weighted by molar-refractivity contribution is 5.95. The monoisotopic (exact) mass is 277 g/mol. The number of hydrogen-bond donors (Lipinski definition) is 4. The summed E-state index contributed by atoms with van der Waals surface area (Å²) >= 11 is 0. The molecule has 108 valence electrons. The topological polar surface area (TPSA) is 96.6 Å². The van der Waals surface area contributed by atoms with Crippen molar-refractivity contribution in [3.05, 3.63) is 17.7 Å². The second-order valence-electron chi connectivity index (χ2n) is 5.53. The molecule has 1 atom stereocenters. The highest BCUT2D eigenvalue weighted by Crippen LogP contribution is 2.31. The van der Waals surface area contributed by atoms with Crippen LogP contribution < -0.4 is 16.4 Å². The number of aliphatic hydroxyl groups is 1. The average Bonchev–Trinajstić information content (AvgIpc) is 2.84. The van der Waals surface area contributed by atoms with E-state index >= 15 is 0 Å². The minimum atomic E-state index is -0.823. The van der Waals surface area contributed by atoms with Gasteiger partial charge in [-0.15, -0.1) is 0 Å². The minimum Gasteiger partial charge on any atom is -0.397 e. The predicted molar refractivity (Wildman–Crippen MR) is 76.7 cm³/mol. The number of amides is 1. The first-order valence-electron chi connectivity index (χ1n) is 6.82. The highest BCUT2D eigenvalue weighted by atomic mass is 16.5. The first kappa shape index (κ1) is 13.2. The Morgan fingerprint density at radius 1 is 1.45 bits per heavy atom. The lowest BCUT2D eigenvalue weighted by Crippen LogP contribution is -2.37. The number of carbonyl (C=O) groups excluding carboxylic acids is 1. The van der Waals surface area contributed by atoms with E-state index in [-0.39, 0.29) is 5.91 Å². The lowest BCUT2D eigenvalue weighted by atomic mass is 10.0. The van der Waals surface area contributed by atoms with Crippen LogP contribution in [0.5, 0.6) is 0 Å². The summed E-state index contributed by atoms with van der Waals surface area (Å²) in [6.07, 6.45) is 1.83. The molecule has 1 aromatic carbocycles. The maximum absolute atomic E-state index is 11.3. The number of nitrogen functional groups attached to an aromatic ring is 1. The first-order valence-corrected chi connectivity index (χ1v) is 6.82. The van der Waals surface area contributed by atoms with Crippen LogP contribution in [0, 0.1) is 0 Å². The average molecular weight is 277 g/mol. The largest absolute Gasteiger partial charge is 0.397 e. The summed E-state index contributed by atoms with van der Waals surface area (Å²) in [4.78, 5) is 11.3. The standard InChI is InChI=1S/C14H19N3O3/c15-10-6-11-9(1-2-13(18)17-11)5-12(10)16-7-14(19)3-4-20-8-14/h5-6,16,19H,1-4,7-8,15H2,(H,17,18). The van der Waals surface area contributed by atoms with Crippen LogP contribution >= 0.6 is 0 Å². The van der Waals surface area contributed by atoms with Gasteiger partial charge in [0.2, 0.25) is 5.91 Å². The molecule has 0 saturated carbocycles. The Kier molecular flexibility index (Phi) is 3.27. The summed E-state index contributed by atoms with van der Waals surface area (Å²) in [5.41, 5.74) is 8.37. The van der Waals surface area contributed by atoms with E-state index < -0.39 is 5.60 Å². The van der Waals surface area contributed by atoms with Gasteiger partial charge in [-0.2, -0.15) is 0 Å². The Bertz CT molecular complexity index is 539. The SMILES string of the molecule is Nc1cc2c(cc1NCC1(O)CCOC1)CCC(=O)N2. The molecule has 2 aliphatic heterocycles. The number of aryl methyl sites for hydroxylation is 1. The third-order valence-corrected chi connectivity index (χ3v) is 3.86. The van der Waals surface area contributed by atoms with Crippen LogP contribution in [0.25, 0.3) is 0 Å². The quantitative estimate of drug-likeness (QED) is 0.610. The van der Waals surface area contributed by atoms with Crippen LogP contribution in [-0.4, -0.2) is 36.4 Å². The number of anilines is 3. The van der Waals surface area contributed by atoms with Gasteiger partial charge in [0.1, 0.15) is 5.60 Å². The summed E-state index contributed by atoms with van der Waals surface area (Å²) in [6.45, 7) is 1.34. The molecule has 6 heteroatoms. The number of benzene rings is 1. The molecule has 5 N–H and O–H groups in total. The fraction of sp³-hybridized carbons (Fsp3) is 0.500. The van der Waals surface area contributed by atoms with Crippen molar-refractivity contribution < 1.29 is 14.6 Å². The molecular formula is C14H19N3O3. The van der Waals surface area contributed by atoms with E-state index in [1.807, 2.05) is 6.07 Å². The predicted octanol–water partition coefficient (Wildman–Crippen LogP) is 0.717. The third kappa shape index (κ3) is 2.57. The van der Waals surface area contributed by atoms with Crippen molar-refractivity contribution in [2.75, 3.05) is 36.1 Å². The molecule has 3 rings (SSSR count). The third-order valence-electron chi connectivity index (χ3n) is 3.86. The molecule has 1 fully saturated rings. The first-order chi connectivity index (χ1) is 9.56. The molecule has 20 heavy (non-hydrogen) atoms. The van der Waals surface area contributed by atoms with E-state index in [2.05, 4.69) is 10.6 Å². The van der Waals surface area contributed by atoms with Crippen molar-refractivity contribution in [1.82, 2.24) is 0 Å². The zero-order valence-electron chi connectivity index (χ0n) is 11.2. The number of nitrogens with two attached hydrogens (primary N) is 1. The molecule has 1 aromatic rings. The Balaban J connectivity index is 1.75. The van der Waals surface area contributed by atoms with Crippen LogP contribution in [0.15, 0.2) is 12.1 Å². The molecule has 2 aliphatic rings. The summed E-state index contributed by atoms with van der Waals surface area (Å²) in [5, 5.41) is 16.2. The molecule has 0 aromatic heterocycles. The van der Waals surface area contributed by atoms with Gasteiger partial charge in [-0.3, -0.25) is 4.79 Å². The van der Waals surface area contributed by atoms with Gasteiger partial charge in [-0.05, 0) is 24.1 Å². The molecule has 2 heterocycles. The Morgan fingerprint density at radius 2 is 2.30 bits per heavy atom. The van der Waals surface area contributed by atoms with Crippen molar-refractivity contribution in [2.24, 2.45) is 0 Å². The van der Waals surface area contributed by atoms with Crippen molar-refractivity contribution in [2.45, 2.75) is 24.9 Å². The number of rotatable bonds is 3. The van der Waals surface area contributed by atoms with E-state index in [4.69, 9.17) is 10.5 Å². The zero-order chi connectivity index (χ0) is 14.2. The Morgan fingerprint density at radius 3 is 3.05 bits per heavy atom. The Labute approximate surface area is 117 Å². The van der Waals surface area contributed by atoms with Gasteiger partial charge < -0.3 is 26.2 Å². The number of ether oxygens (including phenoxy) is 1. The van der Waals surface area contributed by atoms with Crippen LogP contribution in [0.4, 0.5) is 17.1 Å². The Hall–Kier alpha value is -1.79. The van der Waals surface area contributed by atoms with E-state index in [0.29, 0.717) is 44.7 Å². The van der Waals surface area contributed by atoms with E-state index in [1.54, 1.807) is 6.07 Å². The lowest BCUT2D eigenvalue weighted by Gasteiger charge is -2.24. The summed E-state index contributed by atoms with van der Waals surface area (Å²) in [5.74, 6) is 0.0232. The molecule has 1 saturated heterocycles. The summed E-state index contributed by atoms with van der Waals surface area (Å²) in [7, 11) is 0. The molecule has 6 nitrogen and oxygen atoms in total. The van der Waals surface area contributed by atoms with E-state index in [9.17, 15) is 9.90 Å². The lowest BCUT2D eigenvalue weighted by molar-refractivity contribution is -0.116. The normalized spacial score (nSPS) is 25.1. The van der Waals surface area contributed by atoms with Gasteiger partial charge in [0.25, 0.3) is 0 Å². The fourth-order valence-corrected chi connectivity index (χ4v) is 2.59. The van der Waals surface area contributed by atoms with Crippen molar-refractivity contribution >= 4 is 23.0 Å². The molecule has 1 unspecified atom stereocenters. The van der Waals surface area contributed by atoms with Gasteiger partial charge in [0.15, 0.2) is 0 Å². The molecule has 0 aliphatic carbocycles. The molecule has 0 bridgehead atoms. The maximum atomic E-state index is 11.3. The van der Waals surface area contributed by atoms with Crippen LogP contribution in [0.1, 0.15) is 18.4 Å². The summed E-state index contributed by atoms with van der Waals surface area (Å²) < 4.78 is 5.21. The van der Waals surface area contributed by atoms with E-state index in [1.165, 1.54) is 0 Å². The smallest absolute Gasteiger partial charge is 0.224 e. The second kappa shape index (κ2) is 4.96. The van der Waals surface area contributed by atoms with Gasteiger partial charge in [-0.1, -0.05) is 0 Å². The second-order valence-corrected chi connectivity index (χ2v) is 5.53. The molecule has 0 spiro atoms. The van der Waals surface area contributed by atoms with E-state index in [0.717, 1.165) is 16.9 Å². The number of fused-ring (bicyclic) bond motifs is 1. The van der Waals surface area contributed by atoms with Crippen molar-refractivity contribution in [1.29, 1.82) is 0 Å². The highest BCUT2D eigenvalue weighted by Gasteiger charge is 2.32. The minimum absolute atomic E-state index is 0.0232. The number of nitrogens with one attached hydrogen (secondary N) is 2. The van der Waals surface area contributed by atoms with Gasteiger partial charge in [-0.25, -0.2) is 0 Å². The summed E-state index contributed by atoms with van der Waals surface area (Å²) in [6, 6.07) is 3.72. The van der Waals surface area contributed by atoms with Crippen LogP contribution in [0.3, 0.4) is 0 Å². The molecule has 1 amide bonds. The van der Waals surface area contributed by atoms with Gasteiger partial charge >= 0.3 is 0 Å². The van der Waals surface area contributed by atoms with Crippen LogP contribution in [0.2, 0.25) is 0 Å². The van der Waals surface area contributed by atoms with Crippen LogP contribution in [-0.2, 0) is 16.0 Å².